The Morgan fingerprint density at radius 2 is 0.696 bits per heavy atom. The van der Waals surface area contributed by atoms with Gasteiger partial charge < -0.3 is 52.3 Å². The first kappa shape index (κ1) is 174. The molecule has 0 spiro atoms. The molecular formula is C134H290F4N4O6. The van der Waals surface area contributed by atoms with Gasteiger partial charge in [-0.1, -0.05) is 454 Å². The smallest absolute Gasteiger partial charge is 0.254 e. The first-order valence-corrected chi connectivity index (χ1v) is 61.7. The second kappa shape index (κ2) is 92.5. The standard InChI is InChI=1S/C10H18F2.C10H19N.C10H22O2.C10H22O.C10H20.2C9H21N.2C9H20O.C9H20.C8H16F2.C8H19N.C8H18O.C8H18.C7H16/c1-7(2)5-9(8(3)4)6-10(9,11)12;1-8(2)7-10(5,11-6)9(3)4;1-8(2)5-10(12,7-11)6-9(3)4;1-6-10(11,9(4)5)7-8(2)3;1-8(2)7-10(5-6-10)9(3)4;1-7(2)6-9(10-5)8(3)4;2*1-7(2)6-9(5,10)8(3)4;1-7(2)5-9(6-10)8(3)4;1-8(2)6-5-7-9(3)4;1-6(2)5-8(9,10)7(3)4;2*1-6(2)5-8(9)7(3)4;1-7(2)5-6-8(3)4;1-6(2)5-7(3)4/h7-8H,5-6H2,1-4H3;8-9H,7H2,1-5H3;8-9,11-12H,5-7H2,1-4H3;8-9,11H,6-7H2,1-5H3;8-9H,5-7H2,1-4H3;7-10H,6H2,1-5H3;7-8H,6,10H2,1-5H3;7-8,10H,6H2,1-5H3;7-10H,5-6H2,1-4H3;8-9H,5-7H2,1-4H3;6-7H,5H2,1-4H3;6-8H,5,9H2,1-4H3;6-9H,5H2,1-4H3;7-8H,5-6H2,1-4H3;6-7H,5H2,1-4H3. The second-order valence-electron chi connectivity index (χ2n) is 59.0. The van der Waals surface area contributed by atoms with Crippen LogP contribution in [-0.4, -0.2) is 109 Å². The van der Waals surface area contributed by atoms with Crippen LogP contribution < -0.4 is 16.8 Å². The number of aliphatic hydroxyl groups excluding tert-OH is 3. The number of hydrogen-bond donors (Lipinski definition) is 9. The topological polar surface area (TPSA) is 190 Å². The summed E-state index contributed by atoms with van der Waals surface area (Å²) in [5.74, 6) is 13.2. The predicted octanol–water partition coefficient (Wildman–Crippen LogP) is 41.2. The summed E-state index contributed by atoms with van der Waals surface area (Å²) in [4.78, 5) is 3.71. The Labute approximate surface area is 934 Å². The molecule has 0 aromatic carbocycles. The van der Waals surface area contributed by atoms with E-state index in [1.807, 2.05) is 69.4 Å². The van der Waals surface area contributed by atoms with E-state index < -0.39 is 40.0 Å². The van der Waals surface area contributed by atoms with Crippen molar-refractivity contribution in [2.24, 2.45) is 206 Å². The molecule has 0 amide bonds. The lowest BCUT2D eigenvalue weighted by Crippen LogP contribution is -2.42. The minimum absolute atomic E-state index is 0.00463. The molecule has 9 unspecified atom stereocenters. The van der Waals surface area contributed by atoms with Gasteiger partial charge in [-0.3, -0.25) is 0 Å². The molecule has 0 bridgehead atoms. The minimum atomic E-state index is -2.48. The third-order valence-electron chi connectivity index (χ3n) is 29.1. The van der Waals surface area contributed by atoms with Gasteiger partial charge in [-0.15, -0.1) is 0 Å². The molecule has 2 aliphatic carbocycles. The third kappa shape index (κ3) is 112. The van der Waals surface area contributed by atoms with Crippen molar-refractivity contribution in [3.63, 3.8) is 0 Å². The van der Waals surface area contributed by atoms with E-state index in [-0.39, 0.29) is 48.5 Å². The zero-order chi connectivity index (χ0) is 121. The van der Waals surface area contributed by atoms with Gasteiger partial charge in [0.15, 0.2) is 0 Å². The molecule has 0 radical (unpaired) electrons. The van der Waals surface area contributed by atoms with Crippen molar-refractivity contribution in [1.82, 2.24) is 5.32 Å². The lowest BCUT2D eigenvalue weighted by Gasteiger charge is -2.32. The van der Waals surface area contributed by atoms with Crippen molar-refractivity contribution < 1.29 is 48.2 Å². The van der Waals surface area contributed by atoms with Gasteiger partial charge in [0.2, 0.25) is 5.54 Å². The van der Waals surface area contributed by atoms with Crippen LogP contribution >= 0.6 is 0 Å². The molecule has 2 aliphatic rings. The summed E-state index contributed by atoms with van der Waals surface area (Å²) in [7, 11) is 2.05. The lowest BCUT2D eigenvalue weighted by atomic mass is 9.81. The van der Waals surface area contributed by atoms with Crippen LogP contribution in [0.2, 0.25) is 0 Å². The van der Waals surface area contributed by atoms with Crippen molar-refractivity contribution in [2.75, 3.05) is 20.3 Å². The maximum atomic E-state index is 13.1. The molecule has 2 saturated carbocycles. The van der Waals surface area contributed by atoms with E-state index in [2.05, 4.69) is 377 Å². The SMILES string of the molecule is CC(C)CC(C)(N)C(C)C.CC(C)CC(C)(O)C(C)C.CC(C)CC(C)C.CC(C)CC(CO)C(C)C.CC(C)CC(F)(F)C(C)C.CC(C)CC(N)C(C)C.CC(C)CC(O)(CO)CC(C)C.CC(C)CC(O)C(C)C.CC(C)CC1(C(C)C)CC1.CC(C)CC1(C(C)C)CC1(F)F.CC(C)CCC(C)C.CC(C)CCCC(C)C.CCC(O)(CC(C)C)C(C)C.CNC(CC(C)C)C(C)C.[C-]#[N+]C(C)(CC(C)C)C(C)C. The molecule has 0 aliphatic heterocycles. The van der Waals surface area contributed by atoms with Gasteiger partial charge in [0.1, 0.15) is 0 Å². The summed E-state index contributed by atoms with van der Waals surface area (Å²) in [6.45, 7) is 144. The number of aliphatic hydroxyl groups is 6. The maximum absolute atomic E-state index is 13.1. The second-order valence-corrected chi connectivity index (χ2v) is 59.0. The van der Waals surface area contributed by atoms with Gasteiger partial charge in [-0.25, -0.2) is 24.1 Å². The highest BCUT2D eigenvalue weighted by molar-refractivity contribution is 5.11. The number of hydrogen-bond acceptors (Lipinski definition) is 9. The Morgan fingerprint density at radius 1 is 0.358 bits per heavy atom. The Kier molecular flexibility index (Phi) is 109. The Hall–Kier alpha value is -1.15. The Morgan fingerprint density at radius 3 is 0.804 bits per heavy atom. The molecule has 910 valence electrons. The van der Waals surface area contributed by atoms with Crippen LogP contribution in [0.15, 0.2) is 0 Å². The summed E-state index contributed by atoms with van der Waals surface area (Å²) < 4.78 is 51.7. The van der Waals surface area contributed by atoms with E-state index in [1.165, 1.54) is 64.2 Å². The Bertz CT molecular complexity index is 2670. The van der Waals surface area contributed by atoms with Gasteiger partial charge in [0.25, 0.3) is 11.8 Å². The molecule has 14 heteroatoms. The van der Waals surface area contributed by atoms with Crippen molar-refractivity contribution in [3.8, 4) is 0 Å². The molecule has 2 rings (SSSR count). The van der Waals surface area contributed by atoms with Crippen molar-refractivity contribution >= 4 is 0 Å². The molecule has 0 saturated heterocycles. The van der Waals surface area contributed by atoms with Crippen LogP contribution in [0, 0.1) is 201 Å². The highest BCUT2D eigenvalue weighted by Gasteiger charge is 2.71. The summed E-state index contributed by atoms with van der Waals surface area (Å²) in [6, 6.07) is 1.09. The van der Waals surface area contributed by atoms with Gasteiger partial charge in [0, 0.05) is 67.7 Å². The van der Waals surface area contributed by atoms with Crippen LogP contribution in [-0.2, 0) is 0 Å². The van der Waals surface area contributed by atoms with E-state index in [4.69, 9.17) is 28.3 Å². The summed E-state index contributed by atoms with van der Waals surface area (Å²) >= 11 is 0. The average molecular weight is 2130 g/mol. The molecular weight excluding hydrogens is 1840 g/mol. The Balaban J connectivity index is -0.000000120. The molecule has 148 heavy (non-hydrogen) atoms. The number of nitrogens with zero attached hydrogens (tertiary/aromatic N) is 1. The van der Waals surface area contributed by atoms with E-state index in [9.17, 15) is 38.0 Å². The van der Waals surface area contributed by atoms with Crippen LogP contribution in [0.4, 0.5) is 17.6 Å². The van der Waals surface area contributed by atoms with Crippen molar-refractivity contribution in [2.45, 2.75) is 649 Å². The molecule has 0 heterocycles. The van der Waals surface area contributed by atoms with Gasteiger partial charge in [0.05, 0.1) is 29.5 Å². The average Bonchev–Trinajstić information content (AvgIpc) is 1.55. The maximum Gasteiger partial charge on any atom is 0.254 e. The quantitative estimate of drug-likeness (QED) is 0.0211. The van der Waals surface area contributed by atoms with Crippen molar-refractivity contribution in [3.05, 3.63) is 11.4 Å². The molecule has 0 aromatic rings. The number of nitrogens with two attached hydrogens (primary N) is 2. The molecule has 0 aromatic heterocycles. The summed E-state index contributed by atoms with van der Waals surface area (Å²) in [5, 5.41) is 60.3. The predicted molar refractivity (Wildman–Crippen MR) is 664 cm³/mol. The zero-order valence-electron chi connectivity index (χ0n) is 114. The number of rotatable bonds is 50. The summed E-state index contributed by atoms with van der Waals surface area (Å²) in [6.07, 6.45) is 24.1. The van der Waals surface area contributed by atoms with Crippen LogP contribution in [0.3, 0.4) is 0 Å². The highest BCUT2D eigenvalue weighted by atomic mass is 19.3. The number of nitrogens with one attached hydrogen (secondary N) is 1. The number of halogens is 4. The van der Waals surface area contributed by atoms with Gasteiger partial charge >= 0.3 is 0 Å². The fraction of sp³-hybridized carbons (Fsp3) is 0.993. The molecule has 10 nitrogen and oxygen atoms in total. The van der Waals surface area contributed by atoms with Crippen molar-refractivity contribution in [1.29, 1.82) is 0 Å². The van der Waals surface area contributed by atoms with Gasteiger partial charge in [-0.05, 0) is 294 Å². The minimum Gasteiger partial charge on any atom is -0.396 e. The van der Waals surface area contributed by atoms with E-state index in [1.54, 1.807) is 13.8 Å². The first-order chi connectivity index (χ1) is 66.3. The number of alkyl halides is 4. The lowest BCUT2D eigenvalue weighted by molar-refractivity contribution is -0.0617. The van der Waals surface area contributed by atoms with E-state index in [0.717, 1.165) is 122 Å². The first-order valence-electron chi connectivity index (χ1n) is 61.7. The largest absolute Gasteiger partial charge is 0.396 e. The summed E-state index contributed by atoms with van der Waals surface area (Å²) in [5.41, 5.74) is 10.1. The van der Waals surface area contributed by atoms with Crippen LogP contribution in [0.25, 0.3) is 4.85 Å². The molecule has 11 N–H and O–H groups in total. The fourth-order valence-electron chi connectivity index (χ4n) is 18.1. The van der Waals surface area contributed by atoms with Gasteiger partial charge in [-0.2, -0.15) is 0 Å². The molecule has 9 atom stereocenters. The monoisotopic (exact) mass is 2130 g/mol. The normalized spacial score (nSPS) is 16.7. The fourth-order valence-corrected chi connectivity index (χ4v) is 18.1. The van der Waals surface area contributed by atoms with E-state index in [0.29, 0.717) is 139 Å². The highest BCUT2D eigenvalue weighted by Crippen LogP contribution is 2.67. The van der Waals surface area contributed by atoms with Crippen LogP contribution in [0.1, 0.15) is 591 Å². The molecule has 2 fully saturated rings. The van der Waals surface area contributed by atoms with Crippen LogP contribution in [0.5, 0.6) is 0 Å². The third-order valence-corrected chi connectivity index (χ3v) is 29.1. The zero-order valence-corrected chi connectivity index (χ0v) is 114. The van der Waals surface area contributed by atoms with E-state index >= 15 is 0 Å².